The number of furan rings is 1. The molecule has 0 atom stereocenters. The lowest BCUT2D eigenvalue weighted by Crippen LogP contribution is -2.40. The molecule has 1 aliphatic rings. The normalized spacial score (nSPS) is 16.9. The third-order valence-electron chi connectivity index (χ3n) is 4.10. The molecule has 0 saturated heterocycles. The Balaban J connectivity index is 1.70. The molecule has 22 heavy (non-hydrogen) atoms. The molecule has 1 fully saturated rings. The highest BCUT2D eigenvalue weighted by molar-refractivity contribution is 5.98. The van der Waals surface area contributed by atoms with Crippen LogP contribution in [-0.4, -0.2) is 11.9 Å². The summed E-state index contributed by atoms with van der Waals surface area (Å²) in [7, 11) is 0. The van der Waals surface area contributed by atoms with Gasteiger partial charge in [-0.1, -0.05) is 19.3 Å². The molecule has 5 nitrogen and oxygen atoms in total. The molecule has 0 unspecified atom stereocenters. The molecule has 1 aromatic carbocycles. The van der Waals surface area contributed by atoms with Gasteiger partial charge in [0.05, 0.1) is 5.69 Å². The van der Waals surface area contributed by atoms with E-state index in [-0.39, 0.29) is 17.8 Å². The fraction of sp³-hybridized carbons (Fsp3) is 0.412. The van der Waals surface area contributed by atoms with Gasteiger partial charge in [-0.15, -0.1) is 0 Å². The molecule has 1 aromatic heterocycles. The molecule has 1 aliphatic carbocycles. The first-order valence-corrected chi connectivity index (χ1v) is 7.77. The van der Waals surface area contributed by atoms with E-state index in [2.05, 4.69) is 10.3 Å². The van der Waals surface area contributed by atoms with Gasteiger partial charge >= 0.3 is 0 Å². The Labute approximate surface area is 129 Å². The Bertz CT molecular complexity index is 712. The molecular weight excluding hydrogens is 278 g/mol. The summed E-state index contributed by atoms with van der Waals surface area (Å²) in [6.07, 6.45) is 5.34. The maximum absolute atomic E-state index is 12.1. The molecular formula is C17H21N3O2. The number of benzene rings is 1. The van der Waals surface area contributed by atoms with Crippen LogP contribution in [0.5, 0.6) is 0 Å². The van der Waals surface area contributed by atoms with Crippen LogP contribution in [0.2, 0.25) is 0 Å². The number of hydrogen-bond donors (Lipinski definition) is 2. The number of nitrogens with one attached hydrogen (secondary N) is 1. The number of carbonyl (C=O) groups excluding carboxylic acids is 1. The first kappa shape index (κ1) is 14.6. The maximum atomic E-state index is 12.1. The van der Waals surface area contributed by atoms with Crippen molar-refractivity contribution in [1.82, 2.24) is 5.32 Å². The van der Waals surface area contributed by atoms with Crippen molar-refractivity contribution in [3.63, 3.8) is 0 Å². The van der Waals surface area contributed by atoms with E-state index in [1.807, 2.05) is 31.2 Å². The smallest absolute Gasteiger partial charge is 0.229 e. The minimum atomic E-state index is -0.0128. The van der Waals surface area contributed by atoms with Crippen molar-refractivity contribution in [2.24, 2.45) is 16.6 Å². The molecule has 5 heteroatoms. The second kappa shape index (κ2) is 6.22. The first-order chi connectivity index (χ1) is 10.6. The zero-order valence-electron chi connectivity index (χ0n) is 12.8. The summed E-state index contributed by atoms with van der Waals surface area (Å²) in [6, 6.07) is 7.53. The van der Waals surface area contributed by atoms with Crippen LogP contribution in [-0.2, 0) is 4.79 Å². The monoisotopic (exact) mass is 299 g/mol. The SMILES string of the molecule is Cc1cc2cc(N=C(N)NC(=O)C3CCCCC3)ccc2o1. The number of hydrogen-bond acceptors (Lipinski definition) is 3. The summed E-state index contributed by atoms with van der Waals surface area (Å²) in [5.74, 6) is 1.06. The quantitative estimate of drug-likeness (QED) is 0.659. The van der Waals surface area contributed by atoms with Crippen molar-refractivity contribution in [3.05, 3.63) is 30.0 Å². The summed E-state index contributed by atoms with van der Waals surface area (Å²) >= 11 is 0. The number of guanidine groups is 1. The predicted octanol–water partition coefficient (Wildman–Crippen LogP) is 3.38. The van der Waals surface area contributed by atoms with Crippen LogP contribution in [0.1, 0.15) is 37.9 Å². The van der Waals surface area contributed by atoms with Crippen LogP contribution in [0.25, 0.3) is 11.0 Å². The topological polar surface area (TPSA) is 80.6 Å². The molecule has 0 aliphatic heterocycles. The summed E-state index contributed by atoms with van der Waals surface area (Å²) < 4.78 is 5.52. The highest BCUT2D eigenvalue weighted by Crippen LogP contribution is 2.25. The van der Waals surface area contributed by atoms with Crippen LogP contribution in [0, 0.1) is 12.8 Å². The Kier molecular flexibility index (Phi) is 4.13. The van der Waals surface area contributed by atoms with Gasteiger partial charge in [-0.2, -0.15) is 0 Å². The summed E-state index contributed by atoms with van der Waals surface area (Å²) in [5.41, 5.74) is 7.38. The summed E-state index contributed by atoms with van der Waals surface area (Å²) in [5, 5.41) is 3.69. The first-order valence-electron chi connectivity index (χ1n) is 7.77. The van der Waals surface area contributed by atoms with Gasteiger partial charge in [0.25, 0.3) is 0 Å². The van der Waals surface area contributed by atoms with Gasteiger partial charge < -0.3 is 10.2 Å². The number of carbonyl (C=O) groups is 1. The van der Waals surface area contributed by atoms with Crippen LogP contribution in [0.4, 0.5) is 5.69 Å². The minimum absolute atomic E-state index is 0.0128. The number of nitrogens with zero attached hydrogens (tertiary/aromatic N) is 1. The summed E-state index contributed by atoms with van der Waals surface area (Å²) in [6.45, 7) is 1.90. The van der Waals surface area contributed by atoms with E-state index in [1.165, 1.54) is 6.42 Å². The Morgan fingerprint density at radius 3 is 2.82 bits per heavy atom. The number of nitrogens with two attached hydrogens (primary N) is 1. The Morgan fingerprint density at radius 2 is 2.05 bits per heavy atom. The maximum Gasteiger partial charge on any atom is 0.229 e. The van der Waals surface area contributed by atoms with Gasteiger partial charge in [-0.05, 0) is 44.0 Å². The van der Waals surface area contributed by atoms with E-state index in [0.717, 1.165) is 42.4 Å². The lowest BCUT2D eigenvalue weighted by atomic mass is 9.89. The van der Waals surface area contributed by atoms with Crippen molar-refractivity contribution < 1.29 is 9.21 Å². The van der Waals surface area contributed by atoms with Crippen molar-refractivity contribution in [3.8, 4) is 0 Å². The van der Waals surface area contributed by atoms with E-state index < -0.39 is 0 Å². The number of rotatable bonds is 2. The van der Waals surface area contributed by atoms with Crippen molar-refractivity contribution in [1.29, 1.82) is 0 Å². The largest absolute Gasteiger partial charge is 0.461 e. The van der Waals surface area contributed by atoms with Crippen LogP contribution >= 0.6 is 0 Å². The van der Waals surface area contributed by atoms with Crippen LogP contribution in [0.3, 0.4) is 0 Å². The molecule has 1 heterocycles. The Morgan fingerprint density at radius 1 is 1.27 bits per heavy atom. The fourth-order valence-corrected chi connectivity index (χ4v) is 2.99. The molecule has 0 bridgehead atoms. The molecule has 2 aromatic rings. The fourth-order valence-electron chi connectivity index (χ4n) is 2.99. The Hall–Kier alpha value is -2.30. The minimum Gasteiger partial charge on any atom is -0.461 e. The van der Waals surface area contributed by atoms with Gasteiger partial charge in [0, 0.05) is 11.3 Å². The van der Waals surface area contributed by atoms with E-state index in [9.17, 15) is 4.79 Å². The molecule has 0 spiro atoms. The van der Waals surface area contributed by atoms with Crippen molar-refractivity contribution in [2.75, 3.05) is 0 Å². The van der Waals surface area contributed by atoms with Crippen LogP contribution < -0.4 is 11.1 Å². The number of aliphatic imine (C=N–C) groups is 1. The number of fused-ring (bicyclic) bond motifs is 1. The van der Waals surface area contributed by atoms with Crippen molar-refractivity contribution >= 4 is 28.5 Å². The predicted molar refractivity (Wildman–Crippen MR) is 87.0 cm³/mol. The number of amides is 1. The van der Waals surface area contributed by atoms with Gasteiger partial charge in [-0.25, -0.2) is 4.99 Å². The zero-order valence-corrected chi connectivity index (χ0v) is 12.8. The van der Waals surface area contributed by atoms with Gasteiger partial charge in [-0.3, -0.25) is 10.1 Å². The van der Waals surface area contributed by atoms with Crippen molar-refractivity contribution in [2.45, 2.75) is 39.0 Å². The standard InChI is InChI=1S/C17H21N3O2/c1-11-9-13-10-14(7-8-15(13)22-11)19-17(18)20-16(21)12-5-3-2-4-6-12/h7-10,12H,2-6H2,1H3,(H3,18,19,20,21). The average Bonchev–Trinajstić information content (AvgIpc) is 2.87. The third-order valence-corrected chi connectivity index (χ3v) is 4.10. The molecule has 1 saturated carbocycles. The van der Waals surface area contributed by atoms with E-state index >= 15 is 0 Å². The highest BCUT2D eigenvalue weighted by atomic mass is 16.3. The zero-order chi connectivity index (χ0) is 15.5. The van der Waals surface area contributed by atoms with Crippen LogP contribution in [0.15, 0.2) is 33.7 Å². The van der Waals surface area contributed by atoms with Gasteiger partial charge in [0.2, 0.25) is 11.9 Å². The molecule has 1 amide bonds. The van der Waals surface area contributed by atoms with Gasteiger partial charge in [0.1, 0.15) is 11.3 Å². The summed E-state index contributed by atoms with van der Waals surface area (Å²) in [4.78, 5) is 16.4. The lowest BCUT2D eigenvalue weighted by Gasteiger charge is -2.20. The van der Waals surface area contributed by atoms with Gasteiger partial charge in [0.15, 0.2) is 0 Å². The number of aryl methyl sites for hydroxylation is 1. The average molecular weight is 299 g/mol. The highest BCUT2D eigenvalue weighted by Gasteiger charge is 2.21. The van der Waals surface area contributed by atoms with E-state index in [1.54, 1.807) is 0 Å². The lowest BCUT2D eigenvalue weighted by molar-refractivity contribution is -0.124. The molecule has 3 rings (SSSR count). The van der Waals surface area contributed by atoms with E-state index in [4.69, 9.17) is 10.2 Å². The van der Waals surface area contributed by atoms with E-state index in [0.29, 0.717) is 5.69 Å². The molecule has 0 radical (unpaired) electrons. The molecule has 116 valence electrons. The third kappa shape index (κ3) is 3.30. The molecule has 3 N–H and O–H groups in total. The second-order valence-corrected chi connectivity index (χ2v) is 5.90. The second-order valence-electron chi connectivity index (χ2n) is 5.90.